The Bertz CT molecular complexity index is 813. The fourth-order valence-electron chi connectivity index (χ4n) is 1.85. The van der Waals surface area contributed by atoms with Crippen LogP contribution in [0, 0.1) is 0 Å². The van der Waals surface area contributed by atoms with Gasteiger partial charge in [0.25, 0.3) is 10.1 Å². The number of benzene rings is 2. The van der Waals surface area contributed by atoms with Crippen LogP contribution in [0.25, 0.3) is 0 Å². The lowest BCUT2D eigenvalue weighted by atomic mass is 10.0. The van der Waals surface area contributed by atoms with E-state index in [1.54, 1.807) is 13.8 Å². The lowest BCUT2D eigenvalue weighted by molar-refractivity contribution is -0.123. The van der Waals surface area contributed by atoms with Crippen LogP contribution in [0.5, 0.6) is 0 Å². The summed E-state index contributed by atoms with van der Waals surface area (Å²) in [4.78, 5) is 12.5. The Labute approximate surface area is 165 Å². The first-order chi connectivity index (χ1) is 12.5. The number of primary amides is 1. The molecule has 2 aromatic rings. The van der Waals surface area contributed by atoms with Crippen molar-refractivity contribution in [2.75, 3.05) is 6.26 Å². The molecule has 4 N–H and O–H groups in total. The SMILES string of the molecule is CC(C)(NCc1ccc(SCc2ccccc2)cc1)C(N)=O.CS(=O)(=O)O. The van der Waals surface area contributed by atoms with E-state index in [1.807, 2.05) is 17.8 Å². The molecule has 0 saturated carbocycles. The third kappa shape index (κ3) is 10.8. The smallest absolute Gasteiger partial charge is 0.261 e. The van der Waals surface area contributed by atoms with Crippen molar-refractivity contribution in [1.82, 2.24) is 5.32 Å². The number of rotatable bonds is 7. The molecular weight excluding hydrogens is 384 g/mol. The molecule has 0 aliphatic rings. The maximum atomic E-state index is 11.3. The fraction of sp³-hybridized carbons (Fsp3) is 0.316. The van der Waals surface area contributed by atoms with Crippen molar-refractivity contribution >= 4 is 27.8 Å². The van der Waals surface area contributed by atoms with Gasteiger partial charge in [-0.25, -0.2) is 0 Å². The number of carbonyl (C=O) groups is 1. The van der Waals surface area contributed by atoms with Crippen LogP contribution in [0.3, 0.4) is 0 Å². The van der Waals surface area contributed by atoms with Crippen LogP contribution < -0.4 is 11.1 Å². The lowest BCUT2D eigenvalue weighted by Gasteiger charge is -2.22. The quantitative estimate of drug-likeness (QED) is 0.478. The summed E-state index contributed by atoms with van der Waals surface area (Å²) in [5, 5.41) is 3.17. The summed E-state index contributed by atoms with van der Waals surface area (Å²) in [5.74, 6) is 0.621. The zero-order chi connectivity index (χ0) is 20.5. The molecule has 27 heavy (non-hydrogen) atoms. The van der Waals surface area contributed by atoms with Gasteiger partial charge >= 0.3 is 0 Å². The van der Waals surface area contributed by atoms with Gasteiger partial charge in [0.1, 0.15) is 0 Å². The summed E-state index contributed by atoms with van der Waals surface area (Å²) in [5.41, 5.74) is 7.11. The van der Waals surface area contributed by atoms with Gasteiger partial charge in [-0.2, -0.15) is 8.42 Å². The molecule has 0 atom stereocenters. The maximum Gasteiger partial charge on any atom is 0.261 e. The van der Waals surface area contributed by atoms with Gasteiger partial charge in [0.05, 0.1) is 11.8 Å². The molecule has 6 nitrogen and oxygen atoms in total. The van der Waals surface area contributed by atoms with E-state index in [0.717, 1.165) is 11.3 Å². The second-order valence-corrected chi connectivity index (χ2v) is 9.01. The van der Waals surface area contributed by atoms with Gasteiger partial charge < -0.3 is 5.73 Å². The minimum atomic E-state index is -3.67. The summed E-state index contributed by atoms with van der Waals surface area (Å²) in [6.45, 7) is 4.21. The molecule has 2 aromatic carbocycles. The van der Waals surface area contributed by atoms with Crippen molar-refractivity contribution < 1.29 is 17.8 Å². The van der Waals surface area contributed by atoms with Crippen LogP contribution in [0.4, 0.5) is 0 Å². The molecule has 0 aromatic heterocycles. The highest BCUT2D eigenvalue weighted by atomic mass is 32.2. The molecule has 8 heteroatoms. The normalized spacial score (nSPS) is 11.4. The topological polar surface area (TPSA) is 109 Å². The third-order valence-electron chi connectivity index (χ3n) is 3.52. The molecule has 1 amide bonds. The molecule has 0 unspecified atom stereocenters. The monoisotopic (exact) mass is 410 g/mol. The first-order valence-corrected chi connectivity index (χ1v) is 11.0. The Morgan fingerprint density at radius 1 is 1.07 bits per heavy atom. The minimum absolute atomic E-state index is 0.345. The molecule has 0 heterocycles. The zero-order valence-electron chi connectivity index (χ0n) is 15.7. The summed E-state index contributed by atoms with van der Waals surface area (Å²) >= 11 is 1.82. The molecule has 0 fully saturated rings. The Morgan fingerprint density at radius 3 is 2.07 bits per heavy atom. The predicted molar refractivity (Wildman–Crippen MR) is 110 cm³/mol. The summed E-state index contributed by atoms with van der Waals surface area (Å²) in [7, 11) is -3.67. The number of nitrogens with two attached hydrogens (primary N) is 1. The summed E-state index contributed by atoms with van der Waals surface area (Å²) < 4.78 is 25.9. The molecular formula is C19H26N2O4S2. The Balaban J connectivity index is 0.000000646. The van der Waals surface area contributed by atoms with Crippen molar-refractivity contribution in [3.05, 3.63) is 65.7 Å². The molecule has 0 radical (unpaired) electrons. The molecule has 2 rings (SSSR count). The van der Waals surface area contributed by atoms with Gasteiger partial charge in [0.2, 0.25) is 5.91 Å². The number of hydrogen-bond donors (Lipinski definition) is 3. The molecule has 0 spiro atoms. The fourth-order valence-corrected chi connectivity index (χ4v) is 2.71. The highest BCUT2D eigenvalue weighted by Crippen LogP contribution is 2.23. The van der Waals surface area contributed by atoms with Gasteiger partial charge in [-0.15, -0.1) is 11.8 Å². The van der Waals surface area contributed by atoms with E-state index < -0.39 is 15.7 Å². The van der Waals surface area contributed by atoms with Crippen molar-refractivity contribution in [3.63, 3.8) is 0 Å². The Kier molecular flexibility index (Phi) is 8.98. The Hall–Kier alpha value is -1.87. The van der Waals surface area contributed by atoms with Crippen molar-refractivity contribution in [3.8, 4) is 0 Å². The summed E-state index contributed by atoms with van der Waals surface area (Å²) in [6, 6.07) is 18.8. The second-order valence-electron chi connectivity index (χ2n) is 6.49. The van der Waals surface area contributed by atoms with Gasteiger partial charge in [-0.05, 0) is 37.1 Å². The molecule has 0 aliphatic carbocycles. The average Bonchev–Trinajstić information content (AvgIpc) is 2.58. The average molecular weight is 411 g/mol. The van der Waals surface area contributed by atoms with Crippen LogP contribution in [-0.4, -0.2) is 30.7 Å². The lowest BCUT2D eigenvalue weighted by Crippen LogP contribution is -2.50. The van der Waals surface area contributed by atoms with E-state index >= 15 is 0 Å². The molecule has 148 valence electrons. The van der Waals surface area contributed by atoms with Crippen molar-refractivity contribution in [2.45, 2.75) is 36.6 Å². The van der Waals surface area contributed by atoms with Crippen LogP contribution in [0.15, 0.2) is 59.5 Å². The van der Waals surface area contributed by atoms with E-state index in [4.69, 9.17) is 10.3 Å². The van der Waals surface area contributed by atoms with Crippen LogP contribution >= 0.6 is 11.8 Å². The molecule has 0 bridgehead atoms. The third-order valence-corrected chi connectivity index (χ3v) is 4.61. The standard InChI is InChI=1S/C18H22N2OS.CH4O3S/c1-18(2,17(19)21)20-12-14-8-10-16(11-9-14)22-13-15-6-4-3-5-7-15;1-5(2,3)4/h3-11,20H,12-13H2,1-2H3,(H2,19,21);1H3,(H,2,3,4). The molecule has 0 saturated heterocycles. The highest BCUT2D eigenvalue weighted by Gasteiger charge is 2.23. The van der Waals surface area contributed by atoms with E-state index in [2.05, 4.69) is 53.8 Å². The molecule has 0 aliphatic heterocycles. The maximum absolute atomic E-state index is 11.3. The number of hydrogen-bond acceptors (Lipinski definition) is 5. The van der Waals surface area contributed by atoms with Crippen LogP contribution in [0.1, 0.15) is 25.0 Å². The first-order valence-electron chi connectivity index (χ1n) is 8.20. The largest absolute Gasteiger partial charge is 0.368 e. The van der Waals surface area contributed by atoms with Gasteiger partial charge in [-0.3, -0.25) is 14.7 Å². The number of amides is 1. The van der Waals surface area contributed by atoms with Crippen molar-refractivity contribution in [2.24, 2.45) is 5.73 Å². The van der Waals surface area contributed by atoms with Crippen molar-refractivity contribution in [1.29, 1.82) is 0 Å². The first kappa shape index (κ1) is 23.2. The second kappa shape index (κ2) is 10.5. The van der Waals surface area contributed by atoms with E-state index in [-0.39, 0.29) is 5.91 Å². The van der Waals surface area contributed by atoms with E-state index in [1.165, 1.54) is 10.5 Å². The number of carbonyl (C=O) groups excluding carboxylic acids is 1. The van der Waals surface area contributed by atoms with Crippen LogP contribution in [-0.2, 0) is 27.2 Å². The Morgan fingerprint density at radius 2 is 1.59 bits per heavy atom. The van der Waals surface area contributed by atoms with Gasteiger partial charge in [0.15, 0.2) is 0 Å². The van der Waals surface area contributed by atoms with E-state index in [9.17, 15) is 13.2 Å². The zero-order valence-corrected chi connectivity index (χ0v) is 17.3. The van der Waals surface area contributed by atoms with E-state index in [0.29, 0.717) is 12.8 Å². The minimum Gasteiger partial charge on any atom is -0.368 e. The summed E-state index contributed by atoms with van der Waals surface area (Å²) in [6.07, 6.45) is 0.715. The predicted octanol–water partition coefficient (Wildman–Crippen LogP) is 2.84. The number of nitrogens with one attached hydrogen (secondary N) is 1. The highest BCUT2D eigenvalue weighted by molar-refractivity contribution is 7.98. The van der Waals surface area contributed by atoms with Gasteiger partial charge in [0, 0.05) is 17.2 Å². The van der Waals surface area contributed by atoms with Crippen LogP contribution in [0.2, 0.25) is 0 Å². The van der Waals surface area contributed by atoms with Gasteiger partial charge in [-0.1, -0.05) is 42.5 Å². The number of thioether (sulfide) groups is 1.